The lowest BCUT2D eigenvalue weighted by Crippen LogP contribution is -2.27. The van der Waals surface area contributed by atoms with Crippen molar-refractivity contribution in [1.82, 2.24) is 10.1 Å². The molecular formula is C9H12N2O2. The summed E-state index contributed by atoms with van der Waals surface area (Å²) >= 11 is 0. The highest BCUT2D eigenvalue weighted by molar-refractivity contribution is 5.91. The number of amides is 1. The van der Waals surface area contributed by atoms with Gasteiger partial charge in [-0.3, -0.25) is 4.79 Å². The fourth-order valence-electron chi connectivity index (χ4n) is 1.54. The number of carbonyl (C=O) groups excluding carboxylic acids is 1. The van der Waals surface area contributed by atoms with E-state index in [1.165, 1.54) is 0 Å². The molecule has 2 rings (SSSR count). The molecular weight excluding hydrogens is 168 g/mol. The standard InChI is InChI=1S/C9H12N2O2/c1-7-6-8(13-10-7)9(12)11-4-2-3-5-11/h6H,2-5H2,1H3. The van der Waals surface area contributed by atoms with Crippen molar-refractivity contribution in [3.05, 3.63) is 17.5 Å². The first-order valence-electron chi connectivity index (χ1n) is 4.50. The average Bonchev–Trinajstić information content (AvgIpc) is 2.72. The number of carbonyl (C=O) groups is 1. The van der Waals surface area contributed by atoms with E-state index in [0.717, 1.165) is 31.6 Å². The van der Waals surface area contributed by atoms with Crippen LogP contribution in [0.15, 0.2) is 10.6 Å². The van der Waals surface area contributed by atoms with Gasteiger partial charge in [0.05, 0.1) is 5.69 Å². The summed E-state index contributed by atoms with van der Waals surface area (Å²) in [5.41, 5.74) is 0.752. The summed E-state index contributed by atoms with van der Waals surface area (Å²) in [5, 5.41) is 3.69. The third kappa shape index (κ3) is 1.56. The van der Waals surface area contributed by atoms with Gasteiger partial charge in [0.2, 0.25) is 5.76 Å². The van der Waals surface area contributed by atoms with E-state index in [1.54, 1.807) is 11.0 Å². The topological polar surface area (TPSA) is 46.3 Å². The zero-order valence-corrected chi connectivity index (χ0v) is 7.62. The molecule has 0 unspecified atom stereocenters. The number of rotatable bonds is 1. The van der Waals surface area contributed by atoms with Gasteiger partial charge in [-0.15, -0.1) is 0 Å². The van der Waals surface area contributed by atoms with Crippen LogP contribution in [0.5, 0.6) is 0 Å². The lowest BCUT2D eigenvalue weighted by atomic mass is 10.3. The van der Waals surface area contributed by atoms with E-state index >= 15 is 0 Å². The molecule has 70 valence electrons. The summed E-state index contributed by atoms with van der Waals surface area (Å²) in [6.07, 6.45) is 2.19. The molecule has 0 radical (unpaired) electrons. The van der Waals surface area contributed by atoms with Crippen LogP contribution in [0.4, 0.5) is 0 Å². The smallest absolute Gasteiger partial charge is 0.292 e. The van der Waals surface area contributed by atoms with E-state index in [0.29, 0.717) is 5.76 Å². The summed E-state index contributed by atoms with van der Waals surface area (Å²) in [6.45, 7) is 3.50. The molecule has 2 heterocycles. The summed E-state index contributed by atoms with van der Waals surface area (Å²) in [5.74, 6) is 0.331. The molecule has 0 atom stereocenters. The van der Waals surface area contributed by atoms with Crippen molar-refractivity contribution in [2.75, 3.05) is 13.1 Å². The van der Waals surface area contributed by atoms with Gasteiger partial charge in [0.25, 0.3) is 5.91 Å². The second-order valence-electron chi connectivity index (χ2n) is 3.33. The molecule has 1 aliphatic heterocycles. The fourth-order valence-corrected chi connectivity index (χ4v) is 1.54. The predicted molar refractivity (Wildman–Crippen MR) is 46.4 cm³/mol. The van der Waals surface area contributed by atoms with Crippen LogP contribution >= 0.6 is 0 Å². The molecule has 1 fully saturated rings. The number of nitrogens with zero attached hydrogens (tertiary/aromatic N) is 2. The number of hydrogen-bond acceptors (Lipinski definition) is 3. The maximum atomic E-state index is 11.7. The summed E-state index contributed by atoms with van der Waals surface area (Å²) < 4.78 is 4.90. The molecule has 1 amide bonds. The first-order valence-corrected chi connectivity index (χ1v) is 4.50. The molecule has 0 bridgehead atoms. The van der Waals surface area contributed by atoms with Crippen LogP contribution in [0.1, 0.15) is 29.1 Å². The summed E-state index contributed by atoms with van der Waals surface area (Å²) in [4.78, 5) is 13.5. The monoisotopic (exact) mass is 180 g/mol. The normalized spacial score (nSPS) is 16.5. The third-order valence-electron chi connectivity index (χ3n) is 2.23. The minimum atomic E-state index is -0.0295. The largest absolute Gasteiger partial charge is 0.351 e. The van der Waals surface area contributed by atoms with Crippen molar-refractivity contribution in [3.63, 3.8) is 0 Å². The highest BCUT2D eigenvalue weighted by Gasteiger charge is 2.22. The number of likely N-dealkylation sites (tertiary alicyclic amines) is 1. The third-order valence-corrected chi connectivity index (χ3v) is 2.23. The molecule has 0 N–H and O–H groups in total. The Hall–Kier alpha value is -1.32. The zero-order chi connectivity index (χ0) is 9.26. The highest BCUT2D eigenvalue weighted by Crippen LogP contribution is 2.13. The predicted octanol–water partition coefficient (Wildman–Crippen LogP) is 1.22. The Morgan fingerprint density at radius 2 is 2.23 bits per heavy atom. The van der Waals surface area contributed by atoms with Gasteiger partial charge in [-0.05, 0) is 19.8 Å². The van der Waals surface area contributed by atoms with Gasteiger partial charge in [0.15, 0.2) is 0 Å². The molecule has 0 aromatic carbocycles. The first kappa shape index (κ1) is 8.29. The van der Waals surface area contributed by atoms with E-state index in [4.69, 9.17) is 4.52 Å². The number of aryl methyl sites for hydroxylation is 1. The molecule has 4 nitrogen and oxygen atoms in total. The minimum Gasteiger partial charge on any atom is -0.351 e. The van der Waals surface area contributed by atoms with E-state index in [-0.39, 0.29) is 5.91 Å². The molecule has 0 spiro atoms. The van der Waals surface area contributed by atoms with Crippen molar-refractivity contribution < 1.29 is 9.32 Å². The number of aromatic nitrogens is 1. The van der Waals surface area contributed by atoms with Gasteiger partial charge < -0.3 is 9.42 Å². The summed E-state index contributed by atoms with van der Waals surface area (Å²) in [7, 11) is 0. The van der Waals surface area contributed by atoms with Gasteiger partial charge in [0.1, 0.15) is 0 Å². The Balaban J connectivity index is 2.12. The second kappa shape index (κ2) is 3.20. The van der Waals surface area contributed by atoms with Gasteiger partial charge in [-0.25, -0.2) is 0 Å². The molecule has 1 aliphatic rings. The molecule has 0 saturated carbocycles. The highest BCUT2D eigenvalue weighted by atomic mass is 16.5. The van der Waals surface area contributed by atoms with Gasteiger partial charge in [-0.2, -0.15) is 0 Å². The molecule has 1 aromatic heterocycles. The first-order chi connectivity index (χ1) is 6.27. The van der Waals surface area contributed by atoms with Gasteiger partial charge in [-0.1, -0.05) is 5.16 Å². The number of hydrogen-bond donors (Lipinski definition) is 0. The quantitative estimate of drug-likeness (QED) is 0.652. The molecule has 0 aliphatic carbocycles. The van der Waals surface area contributed by atoms with Gasteiger partial charge in [0, 0.05) is 19.2 Å². The van der Waals surface area contributed by atoms with E-state index < -0.39 is 0 Å². The van der Waals surface area contributed by atoms with Crippen molar-refractivity contribution in [1.29, 1.82) is 0 Å². The van der Waals surface area contributed by atoms with Crippen LogP contribution in [0.25, 0.3) is 0 Å². The Morgan fingerprint density at radius 1 is 1.54 bits per heavy atom. The minimum absolute atomic E-state index is 0.0295. The van der Waals surface area contributed by atoms with Crippen LogP contribution in [-0.4, -0.2) is 29.1 Å². The van der Waals surface area contributed by atoms with E-state index in [1.807, 2.05) is 6.92 Å². The van der Waals surface area contributed by atoms with Crippen LogP contribution < -0.4 is 0 Å². The van der Waals surface area contributed by atoms with E-state index in [9.17, 15) is 4.79 Å². The van der Waals surface area contributed by atoms with Crippen LogP contribution in [0, 0.1) is 6.92 Å². The Labute approximate surface area is 76.5 Å². The van der Waals surface area contributed by atoms with Crippen molar-refractivity contribution in [3.8, 4) is 0 Å². The Morgan fingerprint density at radius 3 is 2.77 bits per heavy atom. The molecule has 4 heteroatoms. The van der Waals surface area contributed by atoms with Crippen molar-refractivity contribution in [2.45, 2.75) is 19.8 Å². The van der Waals surface area contributed by atoms with Gasteiger partial charge >= 0.3 is 0 Å². The van der Waals surface area contributed by atoms with Crippen molar-refractivity contribution in [2.24, 2.45) is 0 Å². The zero-order valence-electron chi connectivity index (χ0n) is 7.62. The molecule has 1 saturated heterocycles. The SMILES string of the molecule is Cc1cc(C(=O)N2CCCC2)on1. The Kier molecular flexibility index (Phi) is 2.04. The summed E-state index contributed by atoms with van der Waals surface area (Å²) in [6, 6.07) is 1.68. The lowest BCUT2D eigenvalue weighted by Gasteiger charge is -2.11. The van der Waals surface area contributed by atoms with Crippen LogP contribution in [0.2, 0.25) is 0 Å². The molecule has 13 heavy (non-hydrogen) atoms. The van der Waals surface area contributed by atoms with Crippen LogP contribution in [0.3, 0.4) is 0 Å². The Bertz CT molecular complexity index is 313. The fraction of sp³-hybridized carbons (Fsp3) is 0.556. The maximum Gasteiger partial charge on any atom is 0.292 e. The average molecular weight is 180 g/mol. The lowest BCUT2D eigenvalue weighted by molar-refractivity contribution is 0.0751. The molecule has 1 aromatic rings. The maximum absolute atomic E-state index is 11.7. The van der Waals surface area contributed by atoms with E-state index in [2.05, 4.69) is 5.16 Å². The van der Waals surface area contributed by atoms with Crippen molar-refractivity contribution >= 4 is 5.91 Å². The second-order valence-corrected chi connectivity index (χ2v) is 3.33. The van der Waals surface area contributed by atoms with Crippen LogP contribution in [-0.2, 0) is 0 Å².